The standard InChI is InChI=1S/C13H17BrFNO/c1-3-10(6-7-14)16-13(17)11-5-4-9(2)8-12(11)15/h4-5,8,10H,3,6-7H2,1-2H3,(H,16,17). The van der Waals surface area contributed by atoms with Crippen LogP contribution in [0.2, 0.25) is 0 Å². The Hall–Kier alpha value is -0.900. The van der Waals surface area contributed by atoms with E-state index in [1.165, 1.54) is 12.1 Å². The van der Waals surface area contributed by atoms with Crippen molar-refractivity contribution in [3.63, 3.8) is 0 Å². The third-order valence-corrected chi connectivity index (χ3v) is 3.11. The number of halogens is 2. The van der Waals surface area contributed by atoms with E-state index in [9.17, 15) is 9.18 Å². The molecule has 0 fully saturated rings. The molecule has 94 valence electrons. The highest BCUT2D eigenvalue weighted by Gasteiger charge is 2.15. The maximum Gasteiger partial charge on any atom is 0.254 e. The summed E-state index contributed by atoms with van der Waals surface area (Å²) in [4.78, 5) is 11.9. The Morgan fingerprint density at radius 2 is 2.24 bits per heavy atom. The van der Waals surface area contributed by atoms with Crippen molar-refractivity contribution in [1.82, 2.24) is 5.32 Å². The number of rotatable bonds is 5. The molecule has 2 nitrogen and oxygen atoms in total. The summed E-state index contributed by atoms with van der Waals surface area (Å²) in [5.74, 6) is -0.800. The highest BCUT2D eigenvalue weighted by atomic mass is 79.9. The molecule has 0 aromatic heterocycles. The number of alkyl halides is 1. The van der Waals surface area contributed by atoms with Crippen molar-refractivity contribution in [2.45, 2.75) is 32.7 Å². The highest BCUT2D eigenvalue weighted by Crippen LogP contribution is 2.11. The third kappa shape index (κ3) is 4.11. The molecule has 1 aromatic carbocycles. The van der Waals surface area contributed by atoms with E-state index in [2.05, 4.69) is 21.2 Å². The van der Waals surface area contributed by atoms with Crippen LogP contribution in [0.3, 0.4) is 0 Å². The summed E-state index contributed by atoms with van der Waals surface area (Å²) in [6.45, 7) is 3.80. The van der Waals surface area contributed by atoms with Crippen molar-refractivity contribution >= 4 is 21.8 Å². The van der Waals surface area contributed by atoms with Crippen LogP contribution in [0, 0.1) is 12.7 Å². The molecule has 1 amide bonds. The summed E-state index contributed by atoms with van der Waals surface area (Å²) in [6.07, 6.45) is 1.68. The van der Waals surface area contributed by atoms with Crippen LogP contribution in [0.4, 0.5) is 4.39 Å². The second-order valence-electron chi connectivity index (χ2n) is 4.04. The predicted molar refractivity (Wildman–Crippen MR) is 71.1 cm³/mol. The normalized spacial score (nSPS) is 12.2. The third-order valence-electron chi connectivity index (χ3n) is 2.65. The number of hydrogen-bond donors (Lipinski definition) is 1. The van der Waals surface area contributed by atoms with E-state index in [1.54, 1.807) is 13.0 Å². The van der Waals surface area contributed by atoms with Gasteiger partial charge in [0.15, 0.2) is 0 Å². The average Bonchev–Trinajstić information content (AvgIpc) is 2.28. The van der Waals surface area contributed by atoms with Crippen molar-refractivity contribution in [2.24, 2.45) is 0 Å². The highest BCUT2D eigenvalue weighted by molar-refractivity contribution is 9.09. The number of aryl methyl sites for hydroxylation is 1. The lowest BCUT2D eigenvalue weighted by atomic mass is 10.1. The van der Waals surface area contributed by atoms with Gasteiger partial charge in [-0.2, -0.15) is 0 Å². The van der Waals surface area contributed by atoms with Gasteiger partial charge in [-0.25, -0.2) is 4.39 Å². The summed E-state index contributed by atoms with van der Waals surface area (Å²) in [6, 6.07) is 4.73. The van der Waals surface area contributed by atoms with Gasteiger partial charge >= 0.3 is 0 Å². The molecule has 1 N–H and O–H groups in total. The average molecular weight is 302 g/mol. The van der Waals surface area contributed by atoms with Crippen LogP contribution < -0.4 is 5.32 Å². The number of nitrogens with one attached hydrogen (secondary N) is 1. The van der Waals surface area contributed by atoms with Crippen LogP contribution in [0.25, 0.3) is 0 Å². The monoisotopic (exact) mass is 301 g/mol. The maximum absolute atomic E-state index is 13.6. The number of amides is 1. The molecular formula is C13H17BrFNO. The Bertz CT molecular complexity index is 395. The van der Waals surface area contributed by atoms with Gasteiger partial charge in [-0.15, -0.1) is 0 Å². The lowest BCUT2D eigenvalue weighted by Crippen LogP contribution is -2.35. The Balaban J connectivity index is 2.75. The van der Waals surface area contributed by atoms with Gasteiger partial charge in [0, 0.05) is 11.4 Å². The minimum absolute atomic E-state index is 0.0857. The summed E-state index contributed by atoms with van der Waals surface area (Å²) < 4.78 is 13.6. The summed E-state index contributed by atoms with van der Waals surface area (Å²) in [7, 11) is 0. The number of carbonyl (C=O) groups excluding carboxylic acids is 1. The smallest absolute Gasteiger partial charge is 0.254 e. The second kappa shape index (κ2) is 6.74. The first kappa shape index (κ1) is 14.2. The van der Waals surface area contributed by atoms with E-state index in [-0.39, 0.29) is 17.5 Å². The minimum Gasteiger partial charge on any atom is -0.349 e. The number of benzene rings is 1. The number of carbonyl (C=O) groups is 1. The first-order chi connectivity index (χ1) is 8.08. The van der Waals surface area contributed by atoms with Crippen molar-refractivity contribution in [1.29, 1.82) is 0 Å². The molecule has 1 rings (SSSR count). The molecular weight excluding hydrogens is 285 g/mol. The zero-order valence-electron chi connectivity index (χ0n) is 10.1. The van der Waals surface area contributed by atoms with E-state index < -0.39 is 5.82 Å². The summed E-state index contributed by atoms with van der Waals surface area (Å²) >= 11 is 3.34. The number of hydrogen-bond acceptors (Lipinski definition) is 1. The van der Waals surface area contributed by atoms with Crippen LogP contribution >= 0.6 is 15.9 Å². The van der Waals surface area contributed by atoms with E-state index in [0.29, 0.717) is 0 Å². The van der Waals surface area contributed by atoms with E-state index >= 15 is 0 Å². The van der Waals surface area contributed by atoms with Gasteiger partial charge in [0.05, 0.1) is 5.56 Å². The molecule has 1 aromatic rings. The van der Waals surface area contributed by atoms with Crippen LogP contribution in [-0.4, -0.2) is 17.3 Å². The molecule has 0 radical (unpaired) electrons. The summed E-state index contributed by atoms with van der Waals surface area (Å²) in [5, 5.41) is 3.66. The molecule has 4 heteroatoms. The molecule has 17 heavy (non-hydrogen) atoms. The molecule has 0 aliphatic carbocycles. The van der Waals surface area contributed by atoms with Gasteiger partial charge in [-0.3, -0.25) is 4.79 Å². The van der Waals surface area contributed by atoms with E-state index in [4.69, 9.17) is 0 Å². The predicted octanol–water partition coefficient (Wildman–Crippen LogP) is 3.43. The molecule has 1 atom stereocenters. The summed E-state index contributed by atoms with van der Waals surface area (Å²) in [5.41, 5.74) is 0.926. The van der Waals surface area contributed by atoms with Crippen molar-refractivity contribution in [2.75, 3.05) is 5.33 Å². The van der Waals surface area contributed by atoms with Crippen LogP contribution in [0.1, 0.15) is 35.7 Å². The quantitative estimate of drug-likeness (QED) is 0.830. The SMILES string of the molecule is CCC(CCBr)NC(=O)c1ccc(C)cc1F. The molecule has 0 bridgehead atoms. The van der Waals surface area contributed by atoms with Crippen molar-refractivity contribution in [3.05, 3.63) is 35.1 Å². The van der Waals surface area contributed by atoms with Gasteiger partial charge in [-0.1, -0.05) is 28.9 Å². The van der Waals surface area contributed by atoms with Crippen molar-refractivity contribution < 1.29 is 9.18 Å². The van der Waals surface area contributed by atoms with Crippen LogP contribution in [0.5, 0.6) is 0 Å². The van der Waals surface area contributed by atoms with E-state index in [1.807, 2.05) is 6.92 Å². The van der Waals surface area contributed by atoms with E-state index in [0.717, 1.165) is 23.7 Å². The Morgan fingerprint density at radius 3 is 2.76 bits per heavy atom. The van der Waals surface area contributed by atoms with Gasteiger partial charge in [-0.05, 0) is 37.5 Å². The molecule has 0 spiro atoms. The second-order valence-corrected chi connectivity index (χ2v) is 4.83. The Kier molecular flexibility index (Phi) is 5.62. The van der Waals surface area contributed by atoms with Crippen molar-refractivity contribution in [3.8, 4) is 0 Å². The molecule has 0 heterocycles. The van der Waals surface area contributed by atoms with Gasteiger partial charge in [0.1, 0.15) is 5.82 Å². The van der Waals surface area contributed by atoms with Gasteiger partial charge in [0.2, 0.25) is 0 Å². The Morgan fingerprint density at radius 1 is 1.53 bits per heavy atom. The van der Waals surface area contributed by atoms with Gasteiger partial charge < -0.3 is 5.32 Å². The minimum atomic E-state index is -0.462. The topological polar surface area (TPSA) is 29.1 Å². The maximum atomic E-state index is 13.6. The first-order valence-corrected chi connectivity index (χ1v) is 6.83. The fraction of sp³-hybridized carbons (Fsp3) is 0.462. The Labute approximate surface area is 110 Å². The molecule has 0 aliphatic rings. The van der Waals surface area contributed by atoms with Gasteiger partial charge in [0.25, 0.3) is 5.91 Å². The zero-order valence-corrected chi connectivity index (χ0v) is 11.7. The molecule has 0 saturated heterocycles. The molecule has 1 unspecified atom stereocenters. The zero-order chi connectivity index (χ0) is 12.8. The molecule has 0 aliphatic heterocycles. The largest absolute Gasteiger partial charge is 0.349 e. The lowest BCUT2D eigenvalue weighted by Gasteiger charge is -2.16. The van der Waals surface area contributed by atoms with Crippen LogP contribution in [0.15, 0.2) is 18.2 Å². The fourth-order valence-corrected chi connectivity index (χ4v) is 2.13. The van der Waals surface area contributed by atoms with Crippen LogP contribution in [-0.2, 0) is 0 Å². The lowest BCUT2D eigenvalue weighted by molar-refractivity contribution is 0.0931. The molecule has 0 saturated carbocycles. The first-order valence-electron chi connectivity index (χ1n) is 5.71. The fourth-order valence-electron chi connectivity index (χ4n) is 1.58.